The molecule has 27 heavy (non-hydrogen) atoms. The predicted molar refractivity (Wildman–Crippen MR) is 107 cm³/mol. The summed E-state index contributed by atoms with van der Waals surface area (Å²) in [6.07, 6.45) is 2.96. The molecule has 1 aromatic heterocycles. The Labute approximate surface area is 163 Å². The second kappa shape index (κ2) is 7.82. The Morgan fingerprint density at radius 2 is 1.93 bits per heavy atom. The van der Waals surface area contributed by atoms with Crippen molar-refractivity contribution in [3.05, 3.63) is 51.9 Å². The van der Waals surface area contributed by atoms with Gasteiger partial charge >= 0.3 is 0 Å². The summed E-state index contributed by atoms with van der Waals surface area (Å²) < 4.78 is 5.39. The molecule has 5 nitrogen and oxygen atoms in total. The van der Waals surface area contributed by atoms with Crippen LogP contribution in [0.1, 0.15) is 44.5 Å². The van der Waals surface area contributed by atoms with Gasteiger partial charge in [0, 0.05) is 23.5 Å². The van der Waals surface area contributed by atoms with Gasteiger partial charge in [-0.1, -0.05) is 25.1 Å². The molecule has 1 saturated heterocycles. The van der Waals surface area contributed by atoms with Gasteiger partial charge in [0.15, 0.2) is 0 Å². The van der Waals surface area contributed by atoms with Crippen LogP contribution >= 0.6 is 11.3 Å². The van der Waals surface area contributed by atoms with Gasteiger partial charge in [-0.25, -0.2) is 0 Å². The molecule has 2 aliphatic rings. The number of hydrogen-bond donors (Lipinski definition) is 1. The normalized spacial score (nSPS) is 19.4. The van der Waals surface area contributed by atoms with Crippen molar-refractivity contribution in [2.45, 2.75) is 26.2 Å². The van der Waals surface area contributed by atoms with Crippen LogP contribution in [-0.2, 0) is 17.6 Å². The van der Waals surface area contributed by atoms with E-state index in [4.69, 9.17) is 4.74 Å². The molecule has 1 fully saturated rings. The Kier molecular flexibility index (Phi) is 5.27. The van der Waals surface area contributed by atoms with E-state index < -0.39 is 0 Å². The molecule has 6 heteroatoms. The summed E-state index contributed by atoms with van der Waals surface area (Å²) in [4.78, 5) is 29.1. The molecule has 2 aromatic rings. The molecule has 142 valence electrons. The van der Waals surface area contributed by atoms with Crippen LogP contribution in [0.3, 0.4) is 0 Å². The standard InChI is InChI=1S/C21H24N2O3S/c1-14-7-8-16-17(13-14)27-20(22-19(24)15-5-3-2-4-6-15)18(16)21(25)23-9-11-26-12-10-23/h2-6,14H,7-13H2,1H3,(H,22,24)/t14-/m1/s1. The van der Waals surface area contributed by atoms with Crippen LogP contribution in [0.25, 0.3) is 0 Å². The number of carbonyl (C=O) groups is 2. The van der Waals surface area contributed by atoms with Gasteiger partial charge in [0.1, 0.15) is 5.00 Å². The lowest BCUT2D eigenvalue weighted by molar-refractivity contribution is 0.0303. The summed E-state index contributed by atoms with van der Waals surface area (Å²) in [5, 5.41) is 3.71. The van der Waals surface area contributed by atoms with Crippen molar-refractivity contribution in [2.24, 2.45) is 5.92 Å². The van der Waals surface area contributed by atoms with E-state index in [2.05, 4.69) is 12.2 Å². The Bertz CT molecular complexity index is 841. The van der Waals surface area contributed by atoms with Gasteiger partial charge in [0.05, 0.1) is 18.8 Å². The summed E-state index contributed by atoms with van der Waals surface area (Å²) in [6, 6.07) is 9.14. The molecule has 2 heterocycles. The quantitative estimate of drug-likeness (QED) is 0.880. The number of nitrogens with one attached hydrogen (secondary N) is 1. The SMILES string of the molecule is C[C@@H]1CCc2c(sc(NC(=O)c3ccccc3)c2C(=O)N2CCOCC2)C1. The van der Waals surface area contributed by atoms with Crippen LogP contribution in [0.5, 0.6) is 0 Å². The maximum absolute atomic E-state index is 13.3. The van der Waals surface area contributed by atoms with Crippen LogP contribution in [-0.4, -0.2) is 43.0 Å². The lowest BCUT2D eigenvalue weighted by atomic mass is 9.88. The first-order valence-electron chi connectivity index (χ1n) is 9.51. The molecule has 1 atom stereocenters. The van der Waals surface area contributed by atoms with Crippen LogP contribution in [0, 0.1) is 5.92 Å². The second-order valence-electron chi connectivity index (χ2n) is 7.28. The third kappa shape index (κ3) is 3.77. The van der Waals surface area contributed by atoms with E-state index in [-0.39, 0.29) is 11.8 Å². The fraction of sp³-hybridized carbons (Fsp3) is 0.429. The zero-order valence-electron chi connectivity index (χ0n) is 15.5. The van der Waals surface area contributed by atoms with E-state index in [1.54, 1.807) is 23.5 Å². The Hall–Kier alpha value is -2.18. The fourth-order valence-electron chi connectivity index (χ4n) is 3.75. The number of anilines is 1. The molecular formula is C21H24N2O3S. The van der Waals surface area contributed by atoms with E-state index in [0.29, 0.717) is 48.3 Å². The number of fused-ring (bicyclic) bond motifs is 1. The van der Waals surface area contributed by atoms with Gasteiger partial charge in [-0.2, -0.15) is 0 Å². The molecule has 1 aliphatic carbocycles. The molecule has 4 rings (SSSR count). The van der Waals surface area contributed by atoms with Crippen molar-refractivity contribution >= 4 is 28.2 Å². The summed E-state index contributed by atoms with van der Waals surface area (Å²) in [7, 11) is 0. The number of carbonyl (C=O) groups excluding carboxylic acids is 2. The minimum atomic E-state index is -0.168. The van der Waals surface area contributed by atoms with Crippen molar-refractivity contribution in [1.82, 2.24) is 4.90 Å². The minimum Gasteiger partial charge on any atom is -0.378 e. The van der Waals surface area contributed by atoms with Gasteiger partial charge in [0.2, 0.25) is 0 Å². The van der Waals surface area contributed by atoms with Crippen molar-refractivity contribution < 1.29 is 14.3 Å². The van der Waals surface area contributed by atoms with E-state index >= 15 is 0 Å². The van der Waals surface area contributed by atoms with Crippen LogP contribution < -0.4 is 5.32 Å². The number of ether oxygens (including phenoxy) is 1. The number of thiophene rings is 1. The molecule has 0 spiro atoms. The van der Waals surface area contributed by atoms with Crippen LogP contribution in [0.15, 0.2) is 30.3 Å². The molecule has 0 saturated carbocycles. The molecule has 1 aromatic carbocycles. The van der Waals surface area contributed by atoms with E-state index in [1.807, 2.05) is 23.1 Å². The Morgan fingerprint density at radius 1 is 1.19 bits per heavy atom. The van der Waals surface area contributed by atoms with Crippen LogP contribution in [0.4, 0.5) is 5.00 Å². The Balaban J connectivity index is 1.67. The average molecular weight is 385 g/mol. The maximum Gasteiger partial charge on any atom is 0.257 e. The van der Waals surface area contributed by atoms with Gasteiger partial charge < -0.3 is 15.0 Å². The molecule has 0 bridgehead atoms. The number of morpholine rings is 1. The number of benzene rings is 1. The fourth-order valence-corrected chi connectivity index (χ4v) is 5.15. The lowest BCUT2D eigenvalue weighted by Crippen LogP contribution is -2.41. The van der Waals surface area contributed by atoms with Gasteiger partial charge in [-0.05, 0) is 42.9 Å². The van der Waals surface area contributed by atoms with Gasteiger partial charge in [-0.3, -0.25) is 9.59 Å². The predicted octanol–water partition coefficient (Wildman–Crippen LogP) is 3.60. The first kappa shape index (κ1) is 18.2. The molecular weight excluding hydrogens is 360 g/mol. The highest BCUT2D eigenvalue weighted by Crippen LogP contribution is 2.40. The number of hydrogen-bond acceptors (Lipinski definition) is 4. The third-order valence-electron chi connectivity index (χ3n) is 5.29. The van der Waals surface area contributed by atoms with E-state index in [0.717, 1.165) is 24.8 Å². The van der Waals surface area contributed by atoms with Crippen molar-refractivity contribution in [1.29, 1.82) is 0 Å². The highest BCUT2D eigenvalue weighted by Gasteiger charge is 2.31. The largest absolute Gasteiger partial charge is 0.378 e. The summed E-state index contributed by atoms with van der Waals surface area (Å²) in [5.41, 5.74) is 2.44. The monoisotopic (exact) mass is 384 g/mol. The number of rotatable bonds is 3. The van der Waals surface area contributed by atoms with Crippen LogP contribution in [0.2, 0.25) is 0 Å². The topological polar surface area (TPSA) is 58.6 Å². The van der Waals surface area contributed by atoms with E-state index in [1.165, 1.54) is 4.88 Å². The molecule has 0 radical (unpaired) electrons. The Morgan fingerprint density at radius 3 is 2.67 bits per heavy atom. The number of amides is 2. The maximum atomic E-state index is 13.3. The molecule has 0 unspecified atom stereocenters. The highest BCUT2D eigenvalue weighted by atomic mass is 32.1. The second-order valence-corrected chi connectivity index (χ2v) is 8.39. The number of nitrogens with zero attached hydrogens (tertiary/aromatic N) is 1. The summed E-state index contributed by atoms with van der Waals surface area (Å²) in [6.45, 7) is 4.59. The zero-order chi connectivity index (χ0) is 18.8. The van der Waals surface area contributed by atoms with Crippen molar-refractivity contribution in [2.75, 3.05) is 31.6 Å². The highest BCUT2D eigenvalue weighted by molar-refractivity contribution is 7.17. The lowest BCUT2D eigenvalue weighted by Gasteiger charge is -2.28. The third-order valence-corrected chi connectivity index (χ3v) is 6.46. The first-order chi connectivity index (χ1) is 13.1. The summed E-state index contributed by atoms with van der Waals surface area (Å²) in [5.74, 6) is 0.465. The van der Waals surface area contributed by atoms with Gasteiger partial charge in [0.25, 0.3) is 11.8 Å². The van der Waals surface area contributed by atoms with E-state index in [9.17, 15) is 9.59 Å². The summed E-state index contributed by atoms with van der Waals surface area (Å²) >= 11 is 1.57. The van der Waals surface area contributed by atoms with Crippen molar-refractivity contribution in [3.8, 4) is 0 Å². The molecule has 2 amide bonds. The minimum absolute atomic E-state index is 0.0220. The first-order valence-corrected chi connectivity index (χ1v) is 10.3. The zero-order valence-corrected chi connectivity index (χ0v) is 16.3. The molecule has 1 aliphatic heterocycles. The smallest absolute Gasteiger partial charge is 0.257 e. The average Bonchev–Trinajstić information content (AvgIpc) is 3.05. The van der Waals surface area contributed by atoms with Crippen molar-refractivity contribution in [3.63, 3.8) is 0 Å². The van der Waals surface area contributed by atoms with Gasteiger partial charge in [-0.15, -0.1) is 11.3 Å². The molecule has 1 N–H and O–H groups in total.